The number of hydrogen-bond donors (Lipinski definition) is 0. The van der Waals surface area contributed by atoms with E-state index in [0.717, 1.165) is 16.7 Å². The van der Waals surface area contributed by atoms with Crippen LogP contribution in [-0.2, 0) is 5.41 Å². The van der Waals surface area contributed by atoms with Gasteiger partial charge in [0.05, 0.1) is 0 Å². The molecule has 0 aromatic heterocycles. The Bertz CT molecular complexity index is 861. The first-order chi connectivity index (χ1) is 11.8. The summed E-state index contributed by atoms with van der Waals surface area (Å²) in [5.74, 6) is 0.295. The molecule has 1 aliphatic carbocycles. The zero-order valence-electron chi connectivity index (χ0n) is 15.8. The van der Waals surface area contributed by atoms with Gasteiger partial charge < -0.3 is 0 Å². The third-order valence-electron chi connectivity index (χ3n) is 5.16. The number of allylic oxidation sites excluding steroid dienone is 4. The number of hydrogen-bond acceptors (Lipinski definition) is 1. The Morgan fingerprint density at radius 3 is 2.20 bits per heavy atom. The molecule has 0 spiro atoms. The van der Waals surface area contributed by atoms with Crippen molar-refractivity contribution in [2.24, 2.45) is 0 Å². The van der Waals surface area contributed by atoms with Crippen molar-refractivity contribution in [3.8, 4) is 0 Å². The van der Waals surface area contributed by atoms with E-state index in [0.29, 0.717) is 0 Å². The summed E-state index contributed by atoms with van der Waals surface area (Å²) in [5.41, 5.74) is 6.49. The molecule has 0 N–H and O–H groups in total. The lowest BCUT2D eigenvalue weighted by Crippen LogP contribution is -2.15. The van der Waals surface area contributed by atoms with E-state index in [4.69, 9.17) is 0 Å². The van der Waals surface area contributed by atoms with E-state index in [9.17, 15) is 4.79 Å². The molecule has 1 atom stereocenters. The van der Waals surface area contributed by atoms with Gasteiger partial charge in [0.2, 0.25) is 0 Å². The maximum Gasteiger partial charge on any atom is 0.193 e. The second-order valence-electron chi connectivity index (χ2n) is 7.95. The number of carbonyl (C=O) groups is 1. The van der Waals surface area contributed by atoms with Crippen LogP contribution in [0.25, 0.3) is 0 Å². The fourth-order valence-electron chi connectivity index (χ4n) is 3.33. The van der Waals surface area contributed by atoms with Gasteiger partial charge >= 0.3 is 0 Å². The molecule has 0 amide bonds. The lowest BCUT2D eigenvalue weighted by molar-refractivity contribution is 0.103. The molecule has 1 aliphatic rings. The zero-order chi connectivity index (χ0) is 18.2. The largest absolute Gasteiger partial charge is 0.289 e. The summed E-state index contributed by atoms with van der Waals surface area (Å²) in [6.07, 6.45) is 4.37. The van der Waals surface area contributed by atoms with E-state index in [1.807, 2.05) is 30.3 Å². The normalized spacial score (nSPS) is 17.2. The van der Waals surface area contributed by atoms with Crippen LogP contribution in [0.2, 0.25) is 0 Å². The highest BCUT2D eigenvalue weighted by Gasteiger charge is 2.25. The molecular formula is C24H26O. The van der Waals surface area contributed by atoms with E-state index in [-0.39, 0.29) is 17.1 Å². The monoisotopic (exact) mass is 330 g/mol. The smallest absolute Gasteiger partial charge is 0.193 e. The van der Waals surface area contributed by atoms with Crippen molar-refractivity contribution >= 4 is 5.78 Å². The number of carbonyl (C=O) groups excluding carboxylic acids is 1. The quantitative estimate of drug-likeness (QED) is 0.612. The van der Waals surface area contributed by atoms with Crippen molar-refractivity contribution < 1.29 is 4.79 Å². The van der Waals surface area contributed by atoms with Gasteiger partial charge in [-0.1, -0.05) is 86.5 Å². The maximum absolute atomic E-state index is 13.3. The van der Waals surface area contributed by atoms with E-state index >= 15 is 0 Å². The summed E-state index contributed by atoms with van der Waals surface area (Å²) in [7, 11) is 0. The fourth-order valence-corrected chi connectivity index (χ4v) is 3.33. The lowest BCUT2D eigenvalue weighted by Gasteiger charge is -2.23. The van der Waals surface area contributed by atoms with Crippen LogP contribution in [0.4, 0.5) is 0 Å². The zero-order valence-corrected chi connectivity index (χ0v) is 15.8. The van der Waals surface area contributed by atoms with Gasteiger partial charge in [-0.3, -0.25) is 4.79 Å². The van der Waals surface area contributed by atoms with Crippen LogP contribution in [0.3, 0.4) is 0 Å². The second-order valence-corrected chi connectivity index (χ2v) is 7.95. The maximum atomic E-state index is 13.3. The predicted octanol–water partition coefficient (Wildman–Crippen LogP) is 6.20. The molecule has 0 radical (unpaired) electrons. The Hall–Kier alpha value is -2.41. The van der Waals surface area contributed by atoms with Crippen LogP contribution in [0.1, 0.15) is 67.6 Å². The summed E-state index contributed by atoms with van der Waals surface area (Å²) in [5, 5.41) is 0. The van der Waals surface area contributed by atoms with Gasteiger partial charge in [0.15, 0.2) is 5.78 Å². The molecule has 1 nitrogen and oxygen atoms in total. The van der Waals surface area contributed by atoms with Gasteiger partial charge in [-0.15, -0.1) is 0 Å². The predicted molar refractivity (Wildman–Crippen MR) is 105 cm³/mol. The van der Waals surface area contributed by atoms with Crippen molar-refractivity contribution in [2.75, 3.05) is 0 Å². The highest BCUT2D eigenvalue weighted by Crippen LogP contribution is 2.37. The Balaban J connectivity index is 2.16. The second kappa shape index (κ2) is 6.48. The van der Waals surface area contributed by atoms with Crippen molar-refractivity contribution in [2.45, 2.75) is 46.0 Å². The molecule has 1 heteroatoms. The molecule has 0 saturated heterocycles. The van der Waals surface area contributed by atoms with Crippen LogP contribution in [0.5, 0.6) is 0 Å². The topological polar surface area (TPSA) is 17.1 Å². The van der Waals surface area contributed by atoms with Gasteiger partial charge in [-0.05, 0) is 36.5 Å². The summed E-state index contributed by atoms with van der Waals surface area (Å²) in [6, 6.07) is 16.0. The van der Waals surface area contributed by atoms with Crippen molar-refractivity contribution in [3.63, 3.8) is 0 Å². The number of benzene rings is 2. The summed E-state index contributed by atoms with van der Waals surface area (Å²) >= 11 is 0. The Morgan fingerprint density at radius 1 is 0.960 bits per heavy atom. The molecule has 0 saturated carbocycles. The average molecular weight is 330 g/mol. The minimum Gasteiger partial charge on any atom is -0.289 e. The summed E-state index contributed by atoms with van der Waals surface area (Å²) in [6.45, 7) is 10.8. The highest BCUT2D eigenvalue weighted by molar-refractivity contribution is 6.10. The number of rotatable bonds is 3. The van der Waals surface area contributed by atoms with Crippen molar-refractivity contribution in [1.82, 2.24) is 0 Å². The van der Waals surface area contributed by atoms with Crippen LogP contribution >= 0.6 is 0 Å². The molecule has 128 valence electrons. The Kier molecular flexibility index (Phi) is 4.51. The number of ketones is 1. The molecule has 0 bridgehead atoms. The Labute approximate surface area is 151 Å². The van der Waals surface area contributed by atoms with Crippen LogP contribution < -0.4 is 0 Å². The van der Waals surface area contributed by atoms with Crippen LogP contribution in [-0.4, -0.2) is 5.78 Å². The van der Waals surface area contributed by atoms with E-state index in [2.05, 4.69) is 65.0 Å². The molecule has 3 rings (SSSR count). The fraction of sp³-hybridized carbons (Fsp3) is 0.292. The minimum atomic E-state index is 0.0105. The summed E-state index contributed by atoms with van der Waals surface area (Å²) < 4.78 is 0. The minimum absolute atomic E-state index is 0.0105. The van der Waals surface area contributed by atoms with E-state index in [1.165, 1.54) is 16.7 Å². The highest BCUT2D eigenvalue weighted by atomic mass is 16.1. The van der Waals surface area contributed by atoms with Crippen LogP contribution in [0.15, 0.2) is 71.8 Å². The molecule has 0 fully saturated rings. The standard InChI is InChI=1S/C24H26O/c1-16-11-13-20(17(16)2)21-14-12-19(24(3,4)5)15-22(21)23(25)18-9-7-6-8-10-18/h6-15,20H,1-5H3. The van der Waals surface area contributed by atoms with E-state index in [1.54, 1.807) is 0 Å². The molecular weight excluding hydrogens is 304 g/mol. The average Bonchev–Trinajstić information content (AvgIpc) is 2.93. The summed E-state index contributed by atoms with van der Waals surface area (Å²) in [4.78, 5) is 13.3. The Morgan fingerprint density at radius 2 is 1.64 bits per heavy atom. The van der Waals surface area contributed by atoms with Crippen molar-refractivity contribution in [3.05, 3.63) is 94.1 Å². The first kappa shape index (κ1) is 17.4. The van der Waals surface area contributed by atoms with E-state index < -0.39 is 0 Å². The third kappa shape index (κ3) is 3.37. The molecule has 2 aromatic carbocycles. The van der Waals surface area contributed by atoms with Gasteiger partial charge in [0.25, 0.3) is 0 Å². The van der Waals surface area contributed by atoms with Gasteiger partial charge in [0, 0.05) is 17.0 Å². The molecule has 0 aliphatic heterocycles. The van der Waals surface area contributed by atoms with Crippen molar-refractivity contribution in [1.29, 1.82) is 0 Å². The molecule has 25 heavy (non-hydrogen) atoms. The van der Waals surface area contributed by atoms with Gasteiger partial charge in [-0.25, -0.2) is 0 Å². The SMILES string of the molecule is CC1=C(C)C(c2ccc(C(C)(C)C)cc2C(=O)c2ccccc2)C=C1. The first-order valence-corrected chi connectivity index (χ1v) is 8.89. The van der Waals surface area contributed by atoms with Gasteiger partial charge in [0.1, 0.15) is 0 Å². The molecule has 2 aromatic rings. The molecule has 1 unspecified atom stereocenters. The first-order valence-electron chi connectivity index (χ1n) is 8.89. The lowest BCUT2D eigenvalue weighted by atomic mass is 9.81. The van der Waals surface area contributed by atoms with Gasteiger partial charge in [-0.2, -0.15) is 0 Å². The molecule has 0 heterocycles. The van der Waals surface area contributed by atoms with Crippen LogP contribution in [0, 0.1) is 0 Å². The third-order valence-corrected chi connectivity index (χ3v) is 5.16.